The fourth-order valence-electron chi connectivity index (χ4n) is 3.13. The van der Waals surface area contributed by atoms with Gasteiger partial charge < -0.3 is 15.0 Å². The van der Waals surface area contributed by atoms with Gasteiger partial charge in [0.15, 0.2) is 0 Å². The predicted octanol–water partition coefficient (Wildman–Crippen LogP) is 2.92. The van der Waals surface area contributed by atoms with E-state index in [1.54, 1.807) is 0 Å². The van der Waals surface area contributed by atoms with Gasteiger partial charge in [0.25, 0.3) is 0 Å². The highest BCUT2D eigenvalue weighted by molar-refractivity contribution is 5.68. The van der Waals surface area contributed by atoms with E-state index in [2.05, 4.69) is 5.32 Å². The molecule has 0 aromatic rings. The van der Waals surface area contributed by atoms with Crippen molar-refractivity contribution in [3.63, 3.8) is 0 Å². The highest BCUT2D eigenvalue weighted by Gasteiger charge is 2.35. The summed E-state index contributed by atoms with van der Waals surface area (Å²) in [6.45, 7) is 7.74. The minimum absolute atomic E-state index is 0.131. The average Bonchev–Trinajstić information content (AvgIpc) is 2.60. The molecule has 2 rings (SSSR count). The lowest BCUT2D eigenvalue weighted by Crippen LogP contribution is -2.51. The quantitative estimate of drug-likeness (QED) is 0.734. The second kappa shape index (κ2) is 6.12. The lowest BCUT2D eigenvalue weighted by Gasteiger charge is -2.35. The molecular formula is C15H28N2O2. The number of likely N-dealkylation sites (tertiary alicyclic amines) is 1. The van der Waals surface area contributed by atoms with Crippen LogP contribution in [0.5, 0.6) is 0 Å². The summed E-state index contributed by atoms with van der Waals surface area (Å²) in [6.07, 6.45) is 6.87. The minimum Gasteiger partial charge on any atom is -0.444 e. The van der Waals surface area contributed by atoms with Crippen molar-refractivity contribution >= 4 is 6.09 Å². The van der Waals surface area contributed by atoms with Crippen LogP contribution in [-0.2, 0) is 4.74 Å². The molecule has 4 nitrogen and oxygen atoms in total. The van der Waals surface area contributed by atoms with Gasteiger partial charge in [-0.05, 0) is 53.0 Å². The van der Waals surface area contributed by atoms with Crippen molar-refractivity contribution in [2.75, 3.05) is 13.1 Å². The van der Waals surface area contributed by atoms with Crippen LogP contribution in [0.4, 0.5) is 4.79 Å². The molecule has 1 N–H and O–H groups in total. The largest absolute Gasteiger partial charge is 0.444 e. The van der Waals surface area contributed by atoms with Crippen LogP contribution in [0.15, 0.2) is 0 Å². The number of carbonyl (C=O) groups is 1. The third-order valence-electron chi connectivity index (χ3n) is 3.99. The van der Waals surface area contributed by atoms with Crippen LogP contribution in [0.25, 0.3) is 0 Å². The second-order valence-electron chi connectivity index (χ2n) is 6.79. The van der Waals surface area contributed by atoms with Crippen molar-refractivity contribution in [3.05, 3.63) is 0 Å². The smallest absolute Gasteiger partial charge is 0.410 e. The zero-order valence-corrected chi connectivity index (χ0v) is 12.6. The lowest BCUT2D eigenvalue weighted by atomic mass is 10.00. The van der Waals surface area contributed by atoms with E-state index in [1.807, 2.05) is 25.7 Å². The van der Waals surface area contributed by atoms with Crippen molar-refractivity contribution in [1.82, 2.24) is 10.2 Å². The molecule has 2 saturated heterocycles. The van der Waals surface area contributed by atoms with Crippen LogP contribution in [0.2, 0.25) is 0 Å². The Balaban J connectivity index is 2.09. The molecule has 2 aliphatic rings. The zero-order valence-electron chi connectivity index (χ0n) is 12.6. The fraction of sp³-hybridized carbons (Fsp3) is 0.933. The Morgan fingerprint density at radius 3 is 2.63 bits per heavy atom. The van der Waals surface area contributed by atoms with Gasteiger partial charge in [-0.2, -0.15) is 0 Å². The minimum atomic E-state index is -0.406. The Bertz CT molecular complexity index is 310. The number of ether oxygens (including phenoxy) is 1. The van der Waals surface area contributed by atoms with Crippen LogP contribution < -0.4 is 5.32 Å². The van der Waals surface area contributed by atoms with Gasteiger partial charge in [0.1, 0.15) is 5.60 Å². The standard InChI is InChI=1S/C15H28N2O2/c1-15(2,3)19-14(18)17-11-7-5-8-12-13(17)9-4-6-10-16-12/h12-13,16H,4-11H2,1-3H3/t12-,13+/m0/s1. The highest BCUT2D eigenvalue weighted by atomic mass is 16.6. The number of fused-ring (bicyclic) bond motifs is 1. The van der Waals surface area contributed by atoms with Crippen molar-refractivity contribution < 1.29 is 9.53 Å². The number of nitrogens with zero attached hydrogens (tertiary/aromatic N) is 1. The predicted molar refractivity (Wildman–Crippen MR) is 76.2 cm³/mol. The molecule has 4 heteroatoms. The topological polar surface area (TPSA) is 41.6 Å². The zero-order chi connectivity index (χ0) is 13.9. The maximum Gasteiger partial charge on any atom is 0.410 e. The molecule has 1 amide bonds. The van der Waals surface area contributed by atoms with Crippen molar-refractivity contribution in [1.29, 1.82) is 0 Å². The third kappa shape index (κ3) is 4.10. The average molecular weight is 268 g/mol. The summed E-state index contributed by atoms with van der Waals surface area (Å²) in [5.41, 5.74) is -0.406. The molecule has 0 unspecified atom stereocenters. The molecule has 0 bridgehead atoms. The fourth-order valence-corrected chi connectivity index (χ4v) is 3.13. The molecule has 110 valence electrons. The lowest BCUT2D eigenvalue weighted by molar-refractivity contribution is 0.0135. The van der Waals surface area contributed by atoms with Crippen LogP contribution in [-0.4, -0.2) is 41.8 Å². The molecule has 0 aromatic heterocycles. The van der Waals surface area contributed by atoms with E-state index in [0.29, 0.717) is 12.1 Å². The van der Waals surface area contributed by atoms with Gasteiger partial charge in [-0.25, -0.2) is 4.79 Å². The van der Waals surface area contributed by atoms with Crippen LogP contribution in [0, 0.1) is 0 Å². The monoisotopic (exact) mass is 268 g/mol. The molecule has 2 atom stereocenters. The van der Waals surface area contributed by atoms with E-state index in [1.165, 1.54) is 25.7 Å². The summed E-state index contributed by atoms with van der Waals surface area (Å²) in [6, 6.07) is 0.775. The molecule has 0 aliphatic carbocycles. The van der Waals surface area contributed by atoms with E-state index in [9.17, 15) is 4.79 Å². The number of hydrogen-bond acceptors (Lipinski definition) is 3. The summed E-state index contributed by atoms with van der Waals surface area (Å²) >= 11 is 0. The summed E-state index contributed by atoms with van der Waals surface area (Å²) < 4.78 is 5.58. The number of hydrogen-bond donors (Lipinski definition) is 1. The molecule has 2 aliphatic heterocycles. The van der Waals surface area contributed by atoms with Crippen LogP contribution in [0.1, 0.15) is 59.3 Å². The molecule has 2 heterocycles. The highest BCUT2D eigenvalue weighted by Crippen LogP contribution is 2.25. The summed E-state index contributed by atoms with van der Waals surface area (Å²) in [5.74, 6) is 0. The first kappa shape index (κ1) is 14.6. The van der Waals surface area contributed by atoms with Crippen LogP contribution in [0.3, 0.4) is 0 Å². The maximum absolute atomic E-state index is 12.4. The normalized spacial score (nSPS) is 29.1. The van der Waals surface area contributed by atoms with Gasteiger partial charge in [-0.1, -0.05) is 12.8 Å². The molecule has 0 saturated carbocycles. The van der Waals surface area contributed by atoms with E-state index in [4.69, 9.17) is 4.74 Å². The van der Waals surface area contributed by atoms with Crippen molar-refractivity contribution in [2.45, 2.75) is 77.0 Å². The SMILES string of the molecule is CC(C)(C)OC(=O)N1CCCC[C@@H]2NCCCC[C@H]21. The molecule has 0 aromatic carbocycles. The Labute approximate surface area is 116 Å². The number of amides is 1. The van der Waals surface area contributed by atoms with E-state index in [-0.39, 0.29) is 6.09 Å². The first-order valence-corrected chi connectivity index (χ1v) is 7.70. The molecular weight excluding hydrogens is 240 g/mol. The van der Waals surface area contributed by atoms with Crippen molar-refractivity contribution in [2.24, 2.45) is 0 Å². The Hall–Kier alpha value is -0.770. The van der Waals surface area contributed by atoms with Gasteiger partial charge in [0, 0.05) is 12.6 Å². The van der Waals surface area contributed by atoms with Crippen molar-refractivity contribution in [3.8, 4) is 0 Å². The molecule has 0 spiro atoms. The van der Waals surface area contributed by atoms with Gasteiger partial charge in [-0.3, -0.25) is 0 Å². The van der Waals surface area contributed by atoms with Gasteiger partial charge in [-0.15, -0.1) is 0 Å². The maximum atomic E-state index is 12.4. The van der Waals surface area contributed by atoms with E-state index < -0.39 is 5.60 Å². The van der Waals surface area contributed by atoms with Crippen LogP contribution >= 0.6 is 0 Å². The first-order chi connectivity index (χ1) is 8.97. The van der Waals surface area contributed by atoms with Gasteiger partial charge in [0.05, 0.1) is 6.04 Å². The van der Waals surface area contributed by atoms with E-state index in [0.717, 1.165) is 25.9 Å². The Kier molecular flexibility index (Phi) is 4.71. The molecule has 2 fully saturated rings. The van der Waals surface area contributed by atoms with Gasteiger partial charge in [0.2, 0.25) is 0 Å². The summed E-state index contributed by atoms with van der Waals surface area (Å²) in [7, 11) is 0. The first-order valence-electron chi connectivity index (χ1n) is 7.70. The number of nitrogens with one attached hydrogen (secondary N) is 1. The van der Waals surface area contributed by atoms with Gasteiger partial charge >= 0.3 is 6.09 Å². The third-order valence-corrected chi connectivity index (χ3v) is 3.99. The second-order valence-corrected chi connectivity index (χ2v) is 6.79. The Morgan fingerprint density at radius 1 is 1.16 bits per heavy atom. The number of rotatable bonds is 0. The number of carbonyl (C=O) groups excluding carboxylic acids is 1. The summed E-state index contributed by atoms with van der Waals surface area (Å²) in [4.78, 5) is 14.4. The molecule has 19 heavy (non-hydrogen) atoms. The van der Waals surface area contributed by atoms with E-state index >= 15 is 0 Å². The summed E-state index contributed by atoms with van der Waals surface area (Å²) in [5, 5.41) is 3.62. The molecule has 0 radical (unpaired) electrons. The Morgan fingerprint density at radius 2 is 1.89 bits per heavy atom.